The van der Waals surface area contributed by atoms with Gasteiger partial charge in [0.15, 0.2) is 0 Å². The highest BCUT2D eigenvalue weighted by Crippen LogP contribution is 2.32. The van der Waals surface area contributed by atoms with Gasteiger partial charge in [-0.25, -0.2) is 0 Å². The quantitative estimate of drug-likeness (QED) is 0.726. The Balaban J connectivity index is 2.49. The van der Waals surface area contributed by atoms with E-state index >= 15 is 0 Å². The topological polar surface area (TPSA) is 21.3 Å². The summed E-state index contributed by atoms with van der Waals surface area (Å²) in [5.74, 6) is 0. The molecule has 0 saturated heterocycles. The van der Waals surface area contributed by atoms with Crippen molar-refractivity contribution in [3.8, 4) is 0 Å². The molecule has 0 aliphatic rings. The van der Waals surface area contributed by atoms with Gasteiger partial charge in [-0.05, 0) is 47.4 Å². The number of ether oxygens (including phenoxy) is 1. The van der Waals surface area contributed by atoms with Crippen molar-refractivity contribution in [3.05, 3.63) is 20.3 Å². The Morgan fingerprint density at radius 2 is 2.16 bits per heavy atom. The summed E-state index contributed by atoms with van der Waals surface area (Å²) >= 11 is 5.06. The first-order chi connectivity index (χ1) is 8.83. The number of aryl methyl sites for hydroxylation is 1. The number of alkyl halides is 3. The summed E-state index contributed by atoms with van der Waals surface area (Å²) in [4.78, 5) is 1.11. The van der Waals surface area contributed by atoms with Crippen LogP contribution in [0.25, 0.3) is 0 Å². The van der Waals surface area contributed by atoms with E-state index in [1.54, 1.807) is 11.3 Å². The molecule has 0 aliphatic heterocycles. The van der Waals surface area contributed by atoms with E-state index < -0.39 is 12.8 Å². The van der Waals surface area contributed by atoms with E-state index in [1.165, 1.54) is 0 Å². The minimum absolute atomic E-state index is 0.0354. The molecule has 1 N–H and O–H groups in total. The lowest BCUT2D eigenvalue weighted by Gasteiger charge is -2.16. The van der Waals surface area contributed by atoms with Gasteiger partial charge in [0.1, 0.15) is 6.61 Å². The first-order valence-corrected chi connectivity index (χ1v) is 7.58. The maximum absolute atomic E-state index is 12.0. The van der Waals surface area contributed by atoms with Gasteiger partial charge in [0.05, 0.1) is 3.79 Å². The maximum atomic E-state index is 12.0. The van der Waals surface area contributed by atoms with Gasteiger partial charge in [0.25, 0.3) is 0 Å². The van der Waals surface area contributed by atoms with Crippen molar-refractivity contribution >= 4 is 27.3 Å². The predicted octanol–water partition coefficient (Wildman–Crippen LogP) is 4.44. The van der Waals surface area contributed by atoms with Gasteiger partial charge in [-0.2, -0.15) is 13.2 Å². The van der Waals surface area contributed by atoms with E-state index in [4.69, 9.17) is 0 Å². The van der Waals surface area contributed by atoms with Crippen molar-refractivity contribution in [2.45, 2.75) is 32.5 Å². The Morgan fingerprint density at radius 3 is 2.63 bits per heavy atom. The van der Waals surface area contributed by atoms with Crippen molar-refractivity contribution in [3.63, 3.8) is 0 Å². The highest BCUT2D eigenvalue weighted by atomic mass is 79.9. The molecule has 1 heterocycles. The van der Waals surface area contributed by atoms with Crippen LogP contribution in [0, 0.1) is 6.92 Å². The third-order valence-electron chi connectivity index (χ3n) is 2.49. The summed E-state index contributed by atoms with van der Waals surface area (Å²) in [7, 11) is 0. The van der Waals surface area contributed by atoms with Gasteiger partial charge in [-0.3, -0.25) is 0 Å². The van der Waals surface area contributed by atoms with Crippen molar-refractivity contribution in [1.82, 2.24) is 5.32 Å². The molecule has 0 aromatic carbocycles. The average molecular weight is 360 g/mol. The summed E-state index contributed by atoms with van der Waals surface area (Å²) in [6, 6.07) is 2.08. The number of hydrogen-bond donors (Lipinski definition) is 1. The number of hydrogen-bond acceptors (Lipinski definition) is 3. The zero-order valence-electron chi connectivity index (χ0n) is 10.8. The summed E-state index contributed by atoms with van der Waals surface area (Å²) < 4.78 is 41.6. The predicted molar refractivity (Wildman–Crippen MR) is 74.7 cm³/mol. The van der Waals surface area contributed by atoms with Crippen LogP contribution in [0.3, 0.4) is 0 Å². The van der Waals surface area contributed by atoms with E-state index in [0.29, 0.717) is 6.42 Å². The fourth-order valence-electron chi connectivity index (χ4n) is 1.64. The third kappa shape index (κ3) is 6.25. The van der Waals surface area contributed by atoms with Gasteiger partial charge in [0, 0.05) is 17.5 Å². The van der Waals surface area contributed by atoms with Crippen LogP contribution in [0.5, 0.6) is 0 Å². The van der Waals surface area contributed by atoms with Crippen LogP contribution < -0.4 is 5.32 Å². The molecule has 1 aromatic rings. The molecular weight excluding hydrogens is 343 g/mol. The third-order valence-corrected chi connectivity index (χ3v) is 4.74. The van der Waals surface area contributed by atoms with Gasteiger partial charge < -0.3 is 10.1 Å². The summed E-state index contributed by atoms with van der Waals surface area (Å²) in [5, 5.41) is 3.27. The van der Waals surface area contributed by atoms with Crippen LogP contribution >= 0.6 is 27.3 Å². The van der Waals surface area contributed by atoms with Gasteiger partial charge >= 0.3 is 6.18 Å². The maximum Gasteiger partial charge on any atom is 0.411 e. The van der Waals surface area contributed by atoms with Crippen molar-refractivity contribution in [2.75, 3.05) is 19.8 Å². The van der Waals surface area contributed by atoms with Crippen LogP contribution in [-0.4, -0.2) is 25.9 Å². The molecule has 0 amide bonds. The first-order valence-electron chi connectivity index (χ1n) is 5.97. The molecule has 1 aromatic heterocycles. The van der Waals surface area contributed by atoms with E-state index in [0.717, 1.165) is 20.8 Å². The highest BCUT2D eigenvalue weighted by molar-refractivity contribution is 9.11. The molecule has 2 nitrogen and oxygen atoms in total. The SMILES string of the molecule is CCNC(CCOCC(F)(F)F)c1cc(C)c(Br)s1. The largest absolute Gasteiger partial charge is 0.411 e. The molecule has 0 aliphatic carbocycles. The van der Waals surface area contributed by atoms with Crippen LogP contribution in [0.4, 0.5) is 13.2 Å². The second-order valence-electron chi connectivity index (χ2n) is 4.17. The average Bonchev–Trinajstić information content (AvgIpc) is 2.62. The number of thiophene rings is 1. The lowest BCUT2D eigenvalue weighted by molar-refractivity contribution is -0.174. The van der Waals surface area contributed by atoms with Gasteiger partial charge in [0.2, 0.25) is 0 Å². The second kappa shape index (κ2) is 7.61. The fraction of sp³-hybridized carbons (Fsp3) is 0.667. The van der Waals surface area contributed by atoms with Crippen LogP contribution in [-0.2, 0) is 4.74 Å². The number of nitrogens with one attached hydrogen (secondary N) is 1. The summed E-state index contributed by atoms with van der Waals surface area (Å²) in [5.41, 5.74) is 1.14. The summed E-state index contributed by atoms with van der Waals surface area (Å²) in [6.45, 7) is 3.63. The fourth-order valence-corrected chi connectivity index (χ4v) is 3.32. The Hall–Kier alpha value is -0.110. The van der Waals surface area contributed by atoms with Gasteiger partial charge in [-0.1, -0.05) is 6.92 Å². The second-order valence-corrected chi connectivity index (χ2v) is 6.57. The van der Waals surface area contributed by atoms with Crippen LogP contribution in [0.2, 0.25) is 0 Å². The van der Waals surface area contributed by atoms with Crippen molar-refractivity contribution < 1.29 is 17.9 Å². The molecular formula is C12H17BrF3NOS. The molecule has 0 radical (unpaired) electrons. The molecule has 19 heavy (non-hydrogen) atoms. The minimum Gasteiger partial charge on any atom is -0.372 e. The summed E-state index contributed by atoms with van der Waals surface area (Å²) in [6.07, 6.45) is -3.73. The molecule has 0 bridgehead atoms. The Morgan fingerprint density at radius 1 is 1.47 bits per heavy atom. The number of halogens is 4. The van der Waals surface area contributed by atoms with E-state index in [9.17, 15) is 13.2 Å². The zero-order valence-corrected chi connectivity index (χ0v) is 13.2. The molecule has 1 unspecified atom stereocenters. The molecule has 0 spiro atoms. The van der Waals surface area contributed by atoms with E-state index in [2.05, 4.69) is 26.0 Å². The first kappa shape index (κ1) is 16.9. The molecule has 110 valence electrons. The monoisotopic (exact) mass is 359 g/mol. The minimum atomic E-state index is -4.25. The zero-order chi connectivity index (χ0) is 14.5. The molecule has 1 rings (SSSR count). The molecule has 7 heteroatoms. The van der Waals surface area contributed by atoms with Crippen molar-refractivity contribution in [2.24, 2.45) is 0 Å². The Bertz CT molecular complexity index is 375. The standard InChI is InChI=1S/C12H17BrF3NOS/c1-3-17-9(4-5-18-7-12(14,15)16)10-6-8(2)11(13)19-10/h6,9,17H,3-5,7H2,1-2H3. The van der Waals surface area contributed by atoms with Crippen molar-refractivity contribution in [1.29, 1.82) is 0 Å². The highest BCUT2D eigenvalue weighted by Gasteiger charge is 2.27. The van der Waals surface area contributed by atoms with E-state index in [-0.39, 0.29) is 12.6 Å². The molecule has 0 saturated carbocycles. The van der Waals surface area contributed by atoms with Crippen LogP contribution in [0.15, 0.2) is 9.85 Å². The Labute approximate surface area is 123 Å². The molecule has 1 atom stereocenters. The number of rotatable bonds is 7. The lowest BCUT2D eigenvalue weighted by atomic mass is 10.1. The normalized spacial score (nSPS) is 13.8. The van der Waals surface area contributed by atoms with Gasteiger partial charge in [-0.15, -0.1) is 11.3 Å². The van der Waals surface area contributed by atoms with E-state index in [1.807, 2.05) is 19.9 Å². The van der Waals surface area contributed by atoms with Crippen LogP contribution in [0.1, 0.15) is 29.8 Å². The Kier molecular flexibility index (Phi) is 6.79. The smallest absolute Gasteiger partial charge is 0.372 e. The lowest BCUT2D eigenvalue weighted by Crippen LogP contribution is -2.23. The molecule has 0 fully saturated rings.